The number of benzene rings is 1. The number of aromatic amines is 1. The van der Waals surface area contributed by atoms with Crippen LogP contribution in [0.4, 0.5) is 5.69 Å². The molecule has 3 N–H and O–H groups in total. The van der Waals surface area contributed by atoms with E-state index >= 15 is 0 Å². The minimum atomic E-state index is -0.223. The number of nitrogens with zero attached hydrogens (tertiary/aromatic N) is 3. The molecule has 0 aliphatic heterocycles. The second-order valence-electron chi connectivity index (χ2n) is 10.1. The Balaban J connectivity index is 1.60. The van der Waals surface area contributed by atoms with Crippen molar-refractivity contribution in [2.24, 2.45) is 11.8 Å². The Kier molecular flexibility index (Phi) is 8.12. The number of nitrogens with one attached hydrogen (secondary N) is 3. The quantitative estimate of drug-likeness (QED) is 0.369. The molecule has 2 amide bonds. The summed E-state index contributed by atoms with van der Waals surface area (Å²) in [6, 6.07) is 9.54. The number of hydrogen-bond acceptors (Lipinski definition) is 4. The third kappa shape index (κ3) is 6.24. The van der Waals surface area contributed by atoms with E-state index in [-0.39, 0.29) is 29.1 Å². The Bertz CT molecular complexity index is 1080. The minimum Gasteiger partial charge on any atom is -0.356 e. The average molecular weight is 467 g/mol. The first-order chi connectivity index (χ1) is 16.1. The average Bonchev–Trinajstić information content (AvgIpc) is 3.37. The van der Waals surface area contributed by atoms with E-state index in [0.29, 0.717) is 30.9 Å². The molecule has 0 aliphatic rings. The number of H-pyrrole nitrogens is 1. The van der Waals surface area contributed by atoms with E-state index in [9.17, 15) is 9.59 Å². The lowest BCUT2D eigenvalue weighted by Gasteiger charge is -2.19. The highest BCUT2D eigenvalue weighted by molar-refractivity contribution is 5.93. The van der Waals surface area contributed by atoms with Gasteiger partial charge in [-0.25, -0.2) is 4.98 Å². The number of anilines is 1. The van der Waals surface area contributed by atoms with E-state index < -0.39 is 0 Å². The summed E-state index contributed by atoms with van der Waals surface area (Å²) in [6.07, 6.45) is 3.21. The number of hydrogen-bond donors (Lipinski definition) is 3. The van der Waals surface area contributed by atoms with E-state index in [2.05, 4.69) is 53.5 Å². The van der Waals surface area contributed by atoms with Crippen LogP contribution in [0.3, 0.4) is 0 Å². The van der Waals surface area contributed by atoms with E-state index in [0.717, 1.165) is 29.7 Å². The molecule has 8 heteroatoms. The van der Waals surface area contributed by atoms with Crippen molar-refractivity contribution >= 4 is 23.1 Å². The van der Waals surface area contributed by atoms with Crippen LogP contribution in [-0.4, -0.2) is 38.2 Å². The highest BCUT2D eigenvalue weighted by Crippen LogP contribution is 2.24. The van der Waals surface area contributed by atoms with Crippen LogP contribution in [0, 0.1) is 11.8 Å². The predicted molar refractivity (Wildman–Crippen MR) is 136 cm³/mol. The van der Waals surface area contributed by atoms with Gasteiger partial charge >= 0.3 is 0 Å². The van der Waals surface area contributed by atoms with Crippen LogP contribution < -0.4 is 10.6 Å². The van der Waals surface area contributed by atoms with Gasteiger partial charge in [-0.2, -0.15) is 4.63 Å². The summed E-state index contributed by atoms with van der Waals surface area (Å²) in [5, 5.41) is 13.8. The molecule has 0 fully saturated rings. The molecule has 34 heavy (non-hydrogen) atoms. The van der Waals surface area contributed by atoms with E-state index in [4.69, 9.17) is 0 Å². The zero-order chi connectivity index (χ0) is 24.9. The van der Waals surface area contributed by atoms with Gasteiger partial charge in [0.2, 0.25) is 11.8 Å². The molecule has 0 spiro atoms. The lowest BCUT2D eigenvalue weighted by Crippen LogP contribution is -2.33. The van der Waals surface area contributed by atoms with Gasteiger partial charge in [0.15, 0.2) is 11.5 Å². The molecule has 0 bridgehead atoms. The summed E-state index contributed by atoms with van der Waals surface area (Å²) < 4.78 is 1.69. The number of carbonyl (C=O) groups is 2. The van der Waals surface area contributed by atoms with Gasteiger partial charge in [-0.1, -0.05) is 48.0 Å². The first-order valence-corrected chi connectivity index (χ1v) is 12.3. The van der Waals surface area contributed by atoms with Crippen LogP contribution in [0.15, 0.2) is 30.3 Å². The van der Waals surface area contributed by atoms with E-state index in [1.54, 1.807) is 4.63 Å². The highest BCUT2D eigenvalue weighted by Gasteiger charge is 2.23. The monoisotopic (exact) mass is 466 g/mol. The number of unbranched alkanes of at least 4 members (excludes halogenated alkanes) is 1. The lowest BCUT2D eigenvalue weighted by atomic mass is 9.92. The molecule has 8 nitrogen and oxygen atoms in total. The topological polar surface area (TPSA) is 104 Å². The maximum absolute atomic E-state index is 12.8. The van der Waals surface area contributed by atoms with Crippen LogP contribution >= 0.6 is 0 Å². The molecule has 2 atom stereocenters. The molecule has 3 rings (SSSR count). The van der Waals surface area contributed by atoms with Crippen LogP contribution in [0.2, 0.25) is 0 Å². The minimum absolute atomic E-state index is 0.00457. The molecule has 0 saturated carbocycles. The smallest absolute Gasteiger partial charge is 0.227 e. The summed E-state index contributed by atoms with van der Waals surface area (Å²) in [4.78, 5) is 29.7. The normalized spacial score (nSPS) is 13.6. The maximum atomic E-state index is 12.8. The predicted octanol–water partition coefficient (Wildman–Crippen LogP) is 4.93. The fourth-order valence-electron chi connectivity index (χ4n) is 3.78. The molecular weight excluding hydrogens is 428 g/mol. The zero-order valence-electron chi connectivity index (χ0n) is 21.2. The molecule has 3 aromatic rings. The van der Waals surface area contributed by atoms with Crippen LogP contribution in [0.5, 0.6) is 0 Å². The SMILES string of the molecule is CCCCNC(=O)C(C)CC(CC)C(=O)Nc1ccc(-c2nc3cc(C(C)(C)C)[nH]n3n2)cc1. The van der Waals surface area contributed by atoms with Gasteiger partial charge in [-0.15, -0.1) is 5.10 Å². The maximum Gasteiger partial charge on any atom is 0.227 e. The molecule has 2 heterocycles. The van der Waals surface area contributed by atoms with Crippen molar-refractivity contribution in [2.75, 3.05) is 11.9 Å². The second-order valence-corrected chi connectivity index (χ2v) is 10.1. The van der Waals surface area contributed by atoms with Crippen LogP contribution in [0.1, 0.15) is 72.9 Å². The van der Waals surface area contributed by atoms with Gasteiger partial charge in [-0.05, 0) is 43.5 Å². The van der Waals surface area contributed by atoms with Crippen molar-refractivity contribution in [1.82, 2.24) is 25.1 Å². The number of fused-ring (bicyclic) bond motifs is 1. The summed E-state index contributed by atoms with van der Waals surface area (Å²) in [5.41, 5.74) is 3.43. The van der Waals surface area contributed by atoms with Crippen molar-refractivity contribution < 1.29 is 9.59 Å². The van der Waals surface area contributed by atoms with Gasteiger partial charge in [0.1, 0.15) is 0 Å². The Morgan fingerprint density at radius 1 is 1.12 bits per heavy atom. The fourth-order valence-corrected chi connectivity index (χ4v) is 3.78. The number of amides is 2. The van der Waals surface area contributed by atoms with Crippen LogP contribution in [0.25, 0.3) is 17.0 Å². The van der Waals surface area contributed by atoms with E-state index in [1.807, 2.05) is 44.2 Å². The second kappa shape index (κ2) is 10.8. The molecule has 0 saturated heterocycles. The van der Waals surface area contributed by atoms with Crippen molar-refractivity contribution in [3.63, 3.8) is 0 Å². The van der Waals surface area contributed by atoms with E-state index in [1.165, 1.54) is 0 Å². The fraction of sp³-hybridized carbons (Fsp3) is 0.538. The Labute approximate surface area is 201 Å². The summed E-state index contributed by atoms with van der Waals surface area (Å²) in [7, 11) is 0. The highest BCUT2D eigenvalue weighted by atomic mass is 16.2. The number of rotatable bonds is 10. The Morgan fingerprint density at radius 3 is 2.41 bits per heavy atom. The third-order valence-corrected chi connectivity index (χ3v) is 6.13. The molecule has 184 valence electrons. The van der Waals surface area contributed by atoms with Gasteiger partial charge in [-0.3, -0.25) is 14.7 Å². The zero-order valence-corrected chi connectivity index (χ0v) is 21.2. The Morgan fingerprint density at radius 2 is 1.82 bits per heavy atom. The number of carbonyl (C=O) groups excluding carboxylic acids is 2. The summed E-state index contributed by atoms with van der Waals surface area (Å²) in [5.74, 6) is 0.151. The van der Waals surface area contributed by atoms with Gasteiger partial charge in [0.05, 0.1) is 0 Å². The lowest BCUT2D eigenvalue weighted by molar-refractivity contribution is -0.126. The largest absolute Gasteiger partial charge is 0.356 e. The summed E-state index contributed by atoms with van der Waals surface area (Å²) >= 11 is 0. The first kappa shape index (κ1) is 25.5. The molecule has 2 unspecified atom stereocenters. The third-order valence-electron chi connectivity index (χ3n) is 6.13. The molecule has 0 aliphatic carbocycles. The van der Waals surface area contributed by atoms with Gasteiger partial charge in [0, 0.05) is 46.8 Å². The van der Waals surface area contributed by atoms with Crippen molar-refractivity contribution in [3.05, 3.63) is 36.0 Å². The van der Waals surface area contributed by atoms with Crippen molar-refractivity contribution in [2.45, 2.75) is 72.6 Å². The summed E-state index contributed by atoms with van der Waals surface area (Å²) in [6.45, 7) is 13.1. The Hall–Kier alpha value is -3.16. The standard InChI is InChI=1S/C26H38N6O2/c1-7-9-14-27-24(33)17(3)15-18(8-2)25(34)28-20-12-10-19(11-13-20)23-29-22-16-21(26(4,5)6)30-32(22)31-23/h10-13,16-18,30H,7-9,14-15H2,1-6H3,(H,27,33)(H,28,34). The van der Waals surface area contributed by atoms with Gasteiger partial charge in [0.25, 0.3) is 0 Å². The van der Waals surface area contributed by atoms with Crippen LogP contribution in [-0.2, 0) is 15.0 Å². The molecule has 0 radical (unpaired) electrons. The van der Waals surface area contributed by atoms with Crippen molar-refractivity contribution in [3.8, 4) is 11.4 Å². The number of aromatic nitrogens is 4. The van der Waals surface area contributed by atoms with Crippen molar-refractivity contribution in [1.29, 1.82) is 0 Å². The molecule has 1 aromatic carbocycles. The molecule has 2 aromatic heterocycles. The van der Waals surface area contributed by atoms with Gasteiger partial charge < -0.3 is 10.6 Å². The molecular formula is C26H38N6O2. The first-order valence-electron chi connectivity index (χ1n) is 12.3.